The largest absolute Gasteiger partial charge is 0.387 e. The second-order valence-electron chi connectivity index (χ2n) is 3.72. The molecular weight excluding hydrogens is 193 g/mol. The molecule has 1 atom stereocenters. The molecule has 0 fully saturated rings. The van der Waals surface area contributed by atoms with Crippen molar-refractivity contribution in [1.29, 1.82) is 0 Å². The smallest absolute Gasteiger partial charge is 0.123 e. The maximum Gasteiger partial charge on any atom is 0.123 e. The van der Waals surface area contributed by atoms with Crippen molar-refractivity contribution in [3.05, 3.63) is 35.1 Å². The fourth-order valence-electron chi connectivity index (χ4n) is 1.50. The fourth-order valence-corrected chi connectivity index (χ4v) is 1.50. The van der Waals surface area contributed by atoms with Crippen LogP contribution in [0.5, 0.6) is 0 Å². The summed E-state index contributed by atoms with van der Waals surface area (Å²) in [6, 6.07) is 4.49. The fraction of sp³-hybridized carbons (Fsp3) is 0.500. The van der Waals surface area contributed by atoms with E-state index >= 15 is 0 Å². The monoisotopic (exact) mass is 211 g/mol. The summed E-state index contributed by atoms with van der Waals surface area (Å²) in [6.07, 6.45) is 0.390. The maximum atomic E-state index is 13.0. The van der Waals surface area contributed by atoms with Gasteiger partial charge >= 0.3 is 0 Å². The van der Waals surface area contributed by atoms with Crippen molar-refractivity contribution in [2.45, 2.75) is 26.4 Å². The highest BCUT2D eigenvalue weighted by molar-refractivity contribution is 5.28. The summed E-state index contributed by atoms with van der Waals surface area (Å²) in [5.74, 6) is -0.301. The predicted molar refractivity (Wildman–Crippen MR) is 59.3 cm³/mol. The van der Waals surface area contributed by atoms with Gasteiger partial charge in [0.15, 0.2) is 0 Å². The van der Waals surface area contributed by atoms with Crippen LogP contribution in [0.3, 0.4) is 0 Å². The van der Waals surface area contributed by atoms with Gasteiger partial charge in [-0.25, -0.2) is 4.39 Å². The van der Waals surface area contributed by atoms with Crippen LogP contribution in [0.25, 0.3) is 0 Å². The Morgan fingerprint density at radius 2 is 2.20 bits per heavy atom. The molecule has 0 saturated heterocycles. The molecule has 1 aromatic carbocycles. The number of aryl methyl sites for hydroxylation is 1. The molecule has 1 rings (SSSR count). The van der Waals surface area contributed by atoms with Gasteiger partial charge in [0.25, 0.3) is 0 Å². The van der Waals surface area contributed by atoms with Crippen molar-refractivity contribution in [1.82, 2.24) is 5.32 Å². The van der Waals surface area contributed by atoms with Crippen LogP contribution >= 0.6 is 0 Å². The summed E-state index contributed by atoms with van der Waals surface area (Å²) in [6.45, 7) is 5.27. The number of aliphatic hydroxyl groups excluding tert-OH is 1. The van der Waals surface area contributed by atoms with E-state index in [1.54, 1.807) is 6.07 Å². The first kappa shape index (κ1) is 12.1. The standard InChI is InChI=1S/C12H18FNO/c1-3-6-14-8-12(15)11-7-10(13)5-4-9(11)2/h4-5,7,12,14-15H,3,6,8H2,1-2H3. The van der Waals surface area contributed by atoms with Gasteiger partial charge in [-0.2, -0.15) is 0 Å². The number of hydrogen-bond donors (Lipinski definition) is 2. The van der Waals surface area contributed by atoms with Gasteiger partial charge in [0.1, 0.15) is 5.82 Å². The summed E-state index contributed by atoms with van der Waals surface area (Å²) in [5.41, 5.74) is 1.58. The molecule has 84 valence electrons. The minimum absolute atomic E-state index is 0.301. The molecule has 1 unspecified atom stereocenters. The van der Waals surface area contributed by atoms with E-state index in [0.29, 0.717) is 12.1 Å². The minimum atomic E-state index is -0.632. The molecule has 2 nitrogen and oxygen atoms in total. The molecular formula is C12H18FNO. The van der Waals surface area contributed by atoms with E-state index in [0.717, 1.165) is 18.5 Å². The molecule has 1 aromatic rings. The number of hydrogen-bond acceptors (Lipinski definition) is 2. The lowest BCUT2D eigenvalue weighted by Gasteiger charge is -2.14. The molecule has 15 heavy (non-hydrogen) atoms. The molecule has 0 radical (unpaired) electrons. The Bertz CT molecular complexity index is 314. The lowest BCUT2D eigenvalue weighted by Crippen LogP contribution is -2.22. The predicted octanol–water partition coefficient (Wildman–Crippen LogP) is 2.17. The van der Waals surface area contributed by atoms with Crippen molar-refractivity contribution in [2.24, 2.45) is 0 Å². The van der Waals surface area contributed by atoms with Gasteiger partial charge in [-0.1, -0.05) is 13.0 Å². The Morgan fingerprint density at radius 3 is 2.87 bits per heavy atom. The zero-order valence-electron chi connectivity index (χ0n) is 9.26. The Kier molecular flexibility index (Phi) is 4.72. The van der Waals surface area contributed by atoms with E-state index in [-0.39, 0.29) is 5.82 Å². The molecule has 0 spiro atoms. The van der Waals surface area contributed by atoms with Crippen LogP contribution in [0.4, 0.5) is 4.39 Å². The first-order valence-corrected chi connectivity index (χ1v) is 5.30. The molecule has 0 amide bonds. The van der Waals surface area contributed by atoms with Gasteiger partial charge in [-0.15, -0.1) is 0 Å². The zero-order valence-corrected chi connectivity index (χ0v) is 9.26. The molecule has 0 heterocycles. The number of rotatable bonds is 5. The highest BCUT2D eigenvalue weighted by Gasteiger charge is 2.10. The van der Waals surface area contributed by atoms with Crippen molar-refractivity contribution in [3.63, 3.8) is 0 Å². The van der Waals surface area contributed by atoms with Crippen molar-refractivity contribution >= 4 is 0 Å². The number of nitrogens with one attached hydrogen (secondary N) is 1. The molecule has 0 aliphatic carbocycles. The van der Waals surface area contributed by atoms with Crippen molar-refractivity contribution in [2.75, 3.05) is 13.1 Å². The summed E-state index contributed by atoms with van der Waals surface area (Å²) in [7, 11) is 0. The van der Waals surface area contributed by atoms with E-state index in [1.165, 1.54) is 12.1 Å². The highest BCUT2D eigenvalue weighted by atomic mass is 19.1. The first-order chi connectivity index (χ1) is 7.15. The molecule has 0 aliphatic rings. The highest BCUT2D eigenvalue weighted by Crippen LogP contribution is 2.18. The van der Waals surface area contributed by atoms with Crippen LogP contribution in [0.1, 0.15) is 30.6 Å². The summed E-state index contributed by atoms with van der Waals surface area (Å²) in [5, 5.41) is 12.9. The second kappa shape index (κ2) is 5.83. The minimum Gasteiger partial charge on any atom is -0.387 e. The summed E-state index contributed by atoms with van der Waals surface area (Å²) < 4.78 is 13.0. The third-order valence-electron chi connectivity index (χ3n) is 2.36. The van der Waals surface area contributed by atoms with Gasteiger partial charge in [-0.05, 0) is 43.1 Å². The lowest BCUT2D eigenvalue weighted by atomic mass is 10.0. The topological polar surface area (TPSA) is 32.3 Å². The van der Waals surface area contributed by atoms with E-state index in [2.05, 4.69) is 12.2 Å². The van der Waals surface area contributed by atoms with Gasteiger partial charge < -0.3 is 10.4 Å². The van der Waals surface area contributed by atoms with Gasteiger partial charge in [-0.3, -0.25) is 0 Å². The SMILES string of the molecule is CCCNCC(O)c1cc(F)ccc1C. The van der Waals surface area contributed by atoms with Crippen molar-refractivity contribution < 1.29 is 9.50 Å². The second-order valence-corrected chi connectivity index (χ2v) is 3.72. The number of aliphatic hydroxyl groups is 1. The first-order valence-electron chi connectivity index (χ1n) is 5.30. The number of benzene rings is 1. The lowest BCUT2D eigenvalue weighted by molar-refractivity contribution is 0.174. The van der Waals surface area contributed by atoms with Crippen LogP contribution in [0, 0.1) is 12.7 Å². The Labute approximate surface area is 90.1 Å². The molecule has 2 N–H and O–H groups in total. The normalized spacial score (nSPS) is 12.8. The third-order valence-corrected chi connectivity index (χ3v) is 2.36. The molecule has 0 aliphatic heterocycles. The zero-order chi connectivity index (χ0) is 11.3. The van der Waals surface area contributed by atoms with E-state index in [9.17, 15) is 9.50 Å². The quantitative estimate of drug-likeness (QED) is 0.731. The van der Waals surface area contributed by atoms with Gasteiger partial charge in [0.05, 0.1) is 6.10 Å². The summed E-state index contributed by atoms with van der Waals surface area (Å²) >= 11 is 0. The number of halogens is 1. The third kappa shape index (κ3) is 3.61. The Hall–Kier alpha value is -0.930. The Balaban J connectivity index is 2.64. The van der Waals surface area contributed by atoms with Crippen LogP contribution in [0.2, 0.25) is 0 Å². The van der Waals surface area contributed by atoms with Crippen LogP contribution in [-0.2, 0) is 0 Å². The maximum absolute atomic E-state index is 13.0. The van der Waals surface area contributed by atoms with Gasteiger partial charge in [0.2, 0.25) is 0 Å². The van der Waals surface area contributed by atoms with E-state index < -0.39 is 6.10 Å². The molecule has 0 bridgehead atoms. The molecule has 0 aromatic heterocycles. The van der Waals surface area contributed by atoms with E-state index in [1.807, 2.05) is 6.92 Å². The average Bonchev–Trinajstić information content (AvgIpc) is 2.22. The van der Waals surface area contributed by atoms with E-state index in [4.69, 9.17) is 0 Å². The van der Waals surface area contributed by atoms with Crippen molar-refractivity contribution in [3.8, 4) is 0 Å². The van der Waals surface area contributed by atoms with Gasteiger partial charge in [0, 0.05) is 6.54 Å². The average molecular weight is 211 g/mol. The molecule has 0 saturated carbocycles. The van der Waals surface area contributed by atoms with Crippen LogP contribution < -0.4 is 5.32 Å². The molecule has 3 heteroatoms. The summed E-state index contributed by atoms with van der Waals surface area (Å²) in [4.78, 5) is 0. The Morgan fingerprint density at radius 1 is 1.47 bits per heavy atom. The van der Waals surface area contributed by atoms with Crippen LogP contribution in [0.15, 0.2) is 18.2 Å². The van der Waals surface area contributed by atoms with Crippen LogP contribution in [-0.4, -0.2) is 18.2 Å².